The molecule has 1 N–H and O–H groups in total. The van der Waals surface area contributed by atoms with E-state index in [1.54, 1.807) is 19.1 Å². The highest BCUT2D eigenvalue weighted by molar-refractivity contribution is 9.10. The van der Waals surface area contributed by atoms with Gasteiger partial charge in [-0.05, 0) is 48.9 Å². The summed E-state index contributed by atoms with van der Waals surface area (Å²) < 4.78 is 40.8. The quantitative estimate of drug-likeness (QED) is 0.899. The maximum Gasteiger partial charge on any atom is 0.261 e. The minimum absolute atomic E-state index is 0.0889. The van der Waals surface area contributed by atoms with Crippen molar-refractivity contribution in [1.29, 1.82) is 5.26 Å². The number of anilines is 1. The van der Waals surface area contributed by atoms with Crippen LogP contribution in [0.2, 0.25) is 0 Å². The molecule has 2 aromatic carbocycles. The molecule has 0 saturated carbocycles. The summed E-state index contributed by atoms with van der Waals surface area (Å²) in [5.41, 5.74) is 0.686. The third-order valence-electron chi connectivity index (χ3n) is 2.78. The molecule has 0 aliphatic rings. The summed E-state index contributed by atoms with van der Waals surface area (Å²) in [6.45, 7) is 1.77. The molecule has 0 fully saturated rings. The number of nitrogens with one attached hydrogen (secondary N) is 1. The lowest BCUT2D eigenvalue weighted by Crippen LogP contribution is -2.13. The van der Waals surface area contributed by atoms with Crippen LogP contribution in [-0.4, -0.2) is 8.42 Å². The number of halogens is 2. The van der Waals surface area contributed by atoms with Gasteiger partial charge in [0.05, 0.1) is 16.1 Å². The second kappa shape index (κ2) is 5.84. The molecule has 0 amide bonds. The summed E-state index contributed by atoms with van der Waals surface area (Å²) in [5, 5.41) is 8.75. The summed E-state index contributed by atoms with van der Waals surface area (Å²) in [6, 6.07) is 9.72. The maximum absolute atomic E-state index is 13.2. The van der Waals surface area contributed by atoms with Crippen molar-refractivity contribution >= 4 is 31.6 Å². The molecule has 0 spiro atoms. The highest BCUT2D eigenvalue weighted by Gasteiger charge is 2.16. The van der Waals surface area contributed by atoms with Gasteiger partial charge in [0.25, 0.3) is 10.0 Å². The Morgan fingerprint density at radius 2 is 1.95 bits per heavy atom. The van der Waals surface area contributed by atoms with Crippen LogP contribution in [0.5, 0.6) is 0 Å². The molecule has 4 nitrogen and oxygen atoms in total. The lowest BCUT2D eigenvalue weighted by molar-refractivity contribution is 0.601. The Labute approximate surface area is 130 Å². The third kappa shape index (κ3) is 3.40. The monoisotopic (exact) mass is 368 g/mol. The molecule has 108 valence electrons. The molecule has 2 rings (SSSR count). The van der Waals surface area contributed by atoms with Crippen LogP contribution in [0, 0.1) is 24.1 Å². The van der Waals surface area contributed by atoms with Gasteiger partial charge in [-0.25, -0.2) is 12.8 Å². The van der Waals surface area contributed by atoms with E-state index in [1.807, 2.05) is 0 Å². The van der Waals surface area contributed by atoms with Crippen LogP contribution in [0.15, 0.2) is 45.8 Å². The van der Waals surface area contributed by atoms with Crippen molar-refractivity contribution in [3.63, 3.8) is 0 Å². The standard InChI is InChI=1S/C14H10BrFN2O2S/c1-9-6-12(3-4-13(9)15)21(19,20)18-11-2-5-14(16)10(7-11)8-17/h2-7,18H,1H3. The highest BCUT2D eigenvalue weighted by atomic mass is 79.9. The van der Waals surface area contributed by atoms with Gasteiger partial charge in [-0.15, -0.1) is 0 Å². The summed E-state index contributed by atoms with van der Waals surface area (Å²) in [7, 11) is -3.79. The van der Waals surface area contributed by atoms with E-state index in [0.29, 0.717) is 0 Å². The van der Waals surface area contributed by atoms with E-state index < -0.39 is 15.8 Å². The summed E-state index contributed by atoms with van der Waals surface area (Å²) in [5.74, 6) is -0.695. The molecule has 0 heterocycles. The number of nitriles is 1. The van der Waals surface area contributed by atoms with Gasteiger partial charge in [0.2, 0.25) is 0 Å². The van der Waals surface area contributed by atoms with Crippen LogP contribution in [0.4, 0.5) is 10.1 Å². The van der Waals surface area contributed by atoms with Gasteiger partial charge >= 0.3 is 0 Å². The molecule has 0 aliphatic carbocycles. The second-order valence-electron chi connectivity index (χ2n) is 4.32. The molecule has 21 heavy (non-hydrogen) atoms. The predicted octanol–water partition coefficient (Wildman–Crippen LogP) is 3.57. The Bertz CT molecular complexity index is 845. The molecule has 0 unspecified atom stereocenters. The van der Waals surface area contributed by atoms with Crippen LogP contribution >= 0.6 is 15.9 Å². The largest absolute Gasteiger partial charge is 0.280 e. The number of benzene rings is 2. The van der Waals surface area contributed by atoms with E-state index >= 15 is 0 Å². The zero-order valence-electron chi connectivity index (χ0n) is 10.9. The minimum Gasteiger partial charge on any atom is -0.280 e. The Morgan fingerprint density at radius 3 is 2.57 bits per heavy atom. The van der Waals surface area contributed by atoms with E-state index in [-0.39, 0.29) is 16.1 Å². The molecule has 2 aromatic rings. The normalized spacial score (nSPS) is 11.0. The Morgan fingerprint density at radius 1 is 1.24 bits per heavy atom. The number of rotatable bonds is 3. The van der Waals surface area contributed by atoms with Crippen molar-refractivity contribution in [3.05, 3.63) is 57.8 Å². The summed E-state index contributed by atoms with van der Waals surface area (Å²) >= 11 is 3.30. The molecular weight excluding hydrogens is 359 g/mol. The zero-order chi connectivity index (χ0) is 15.6. The Kier molecular flexibility index (Phi) is 4.30. The van der Waals surface area contributed by atoms with Crippen molar-refractivity contribution < 1.29 is 12.8 Å². The predicted molar refractivity (Wildman–Crippen MR) is 80.8 cm³/mol. The molecule has 0 aromatic heterocycles. The molecule has 0 radical (unpaired) electrons. The van der Waals surface area contributed by atoms with Crippen LogP contribution in [0.25, 0.3) is 0 Å². The zero-order valence-corrected chi connectivity index (χ0v) is 13.3. The molecular formula is C14H10BrFN2O2S. The minimum atomic E-state index is -3.79. The van der Waals surface area contributed by atoms with Crippen molar-refractivity contribution in [3.8, 4) is 6.07 Å². The number of aryl methyl sites for hydroxylation is 1. The first-order valence-corrected chi connectivity index (χ1v) is 8.10. The lowest BCUT2D eigenvalue weighted by Gasteiger charge is -2.09. The molecule has 0 aliphatic heterocycles. The van der Waals surface area contributed by atoms with Crippen molar-refractivity contribution in [2.24, 2.45) is 0 Å². The van der Waals surface area contributed by atoms with E-state index in [1.165, 1.54) is 18.2 Å². The van der Waals surface area contributed by atoms with Crippen LogP contribution in [-0.2, 0) is 10.0 Å². The van der Waals surface area contributed by atoms with Crippen LogP contribution < -0.4 is 4.72 Å². The van der Waals surface area contributed by atoms with Gasteiger partial charge in [-0.2, -0.15) is 5.26 Å². The van der Waals surface area contributed by atoms with Gasteiger partial charge in [-0.3, -0.25) is 4.72 Å². The number of nitrogens with zero attached hydrogens (tertiary/aromatic N) is 1. The third-order valence-corrected chi connectivity index (χ3v) is 5.05. The second-order valence-corrected chi connectivity index (χ2v) is 6.86. The van der Waals surface area contributed by atoms with E-state index in [9.17, 15) is 12.8 Å². The maximum atomic E-state index is 13.2. The fourth-order valence-corrected chi connectivity index (χ4v) is 3.05. The molecule has 0 atom stereocenters. The Hall–Kier alpha value is -1.91. The first-order chi connectivity index (χ1) is 9.83. The van der Waals surface area contributed by atoms with Crippen molar-refractivity contribution in [2.75, 3.05) is 4.72 Å². The van der Waals surface area contributed by atoms with Gasteiger partial charge in [-0.1, -0.05) is 15.9 Å². The highest BCUT2D eigenvalue weighted by Crippen LogP contribution is 2.23. The van der Waals surface area contributed by atoms with Crippen molar-refractivity contribution in [1.82, 2.24) is 0 Å². The fraction of sp³-hybridized carbons (Fsp3) is 0.0714. The lowest BCUT2D eigenvalue weighted by atomic mass is 10.2. The van der Waals surface area contributed by atoms with Gasteiger partial charge < -0.3 is 0 Å². The molecule has 0 bridgehead atoms. The molecule has 0 saturated heterocycles. The average molecular weight is 369 g/mol. The average Bonchev–Trinajstić information content (AvgIpc) is 2.43. The number of hydrogen-bond donors (Lipinski definition) is 1. The first kappa shape index (κ1) is 15.5. The number of sulfonamides is 1. The van der Waals surface area contributed by atoms with E-state index in [0.717, 1.165) is 22.2 Å². The van der Waals surface area contributed by atoms with E-state index in [4.69, 9.17) is 5.26 Å². The van der Waals surface area contributed by atoms with Gasteiger partial charge in [0, 0.05) is 4.47 Å². The Balaban J connectivity index is 2.37. The SMILES string of the molecule is Cc1cc(S(=O)(=O)Nc2ccc(F)c(C#N)c2)ccc1Br. The van der Waals surface area contributed by atoms with Gasteiger partial charge in [0.15, 0.2) is 0 Å². The molecule has 7 heteroatoms. The summed E-state index contributed by atoms with van der Waals surface area (Å²) in [6.07, 6.45) is 0. The number of hydrogen-bond acceptors (Lipinski definition) is 3. The van der Waals surface area contributed by atoms with Crippen molar-refractivity contribution in [2.45, 2.75) is 11.8 Å². The van der Waals surface area contributed by atoms with Crippen LogP contribution in [0.1, 0.15) is 11.1 Å². The van der Waals surface area contributed by atoms with Gasteiger partial charge in [0.1, 0.15) is 11.9 Å². The topological polar surface area (TPSA) is 70.0 Å². The fourth-order valence-electron chi connectivity index (χ4n) is 1.67. The summed E-state index contributed by atoms with van der Waals surface area (Å²) in [4.78, 5) is 0.0889. The first-order valence-electron chi connectivity index (χ1n) is 5.82. The van der Waals surface area contributed by atoms with Crippen LogP contribution in [0.3, 0.4) is 0 Å². The smallest absolute Gasteiger partial charge is 0.261 e. The van der Waals surface area contributed by atoms with E-state index in [2.05, 4.69) is 20.7 Å².